The highest BCUT2D eigenvalue weighted by Crippen LogP contribution is 2.67. The number of phosphoric ester groups is 1. The molecule has 0 aromatic carbocycles. The largest absolute Gasteiger partial charge is 0.474 e. The predicted molar refractivity (Wildman–Crippen MR) is 110 cm³/mol. The van der Waals surface area contributed by atoms with Gasteiger partial charge in [0.2, 0.25) is 0 Å². The van der Waals surface area contributed by atoms with Gasteiger partial charge in [-0.25, -0.2) is 4.57 Å². The van der Waals surface area contributed by atoms with Crippen LogP contribution in [0.1, 0.15) is 26.7 Å². The van der Waals surface area contributed by atoms with Gasteiger partial charge in [0.15, 0.2) is 6.10 Å². The van der Waals surface area contributed by atoms with Crippen LogP contribution < -0.4 is 5.32 Å². The maximum atomic E-state index is 12.5. The quantitative estimate of drug-likeness (QED) is 0.0776. The lowest BCUT2D eigenvalue weighted by Crippen LogP contribution is -2.41. The van der Waals surface area contributed by atoms with Gasteiger partial charge in [0, 0.05) is 33.0 Å². The molecule has 0 aliphatic rings. The highest BCUT2D eigenvalue weighted by Gasteiger charge is 2.59. The summed E-state index contributed by atoms with van der Waals surface area (Å²) >= 11 is 0. The molecule has 0 amide bonds. The van der Waals surface area contributed by atoms with Crippen LogP contribution in [0.25, 0.3) is 0 Å². The molecule has 0 fully saturated rings. The average Bonchev–Trinajstić information content (AvgIpc) is 2.72. The van der Waals surface area contributed by atoms with Crippen molar-refractivity contribution < 1.29 is 71.0 Å². The molecular weight excluding hydrogens is 515 g/mol. The lowest BCUT2D eigenvalue weighted by molar-refractivity contribution is -0.160. The number of carbonyl (C=O) groups excluding carboxylic acids is 2. The zero-order chi connectivity index (χ0) is 25.9. The Balaban J connectivity index is 4.85. The molecule has 0 radical (unpaired) electrons. The van der Waals surface area contributed by atoms with E-state index >= 15 is 0 Å². The van der Waals surface area contributed by atoms with Gasteiger partial charge in [-0.05, 0) is 0 Å². The Labute approximate surface area is 189 Å². The molecule has 33 heavy (non-hydrogen) atoms. The van der Waals surface area contributed by atoms with Crippen molar-refractivity contribution in [2.24, 2.45) is 0 Å². The number of rotatable bonds is 17. The van der Waals surface area contributed by atoms with Crippen molar-refractivity contribution in [2.75, 3.05) is 40.0 Å². The van der Waals surface area contributed by atoms with E-state index in [2.05, 4.69) is 9.84 Å². The third kappa shape index (κ3) is 11.0. The normalized spacial score (nSPS) is 15.5. The fourth-order valence-electron chi connectivity index (χ4n) is 1.85. The summed E-state index contributed by atoms with van der Waals surface area (Å²) in [4.78, 5) is 59.0. The fraction of sp³-hybridized carbons (Fsp3) is 0.857. The Morgan fingerprint density at radius 2 is 1.48 bits per heavy atom. The van der Waals surface area contributed by atoms with E-state index < -0.39 is 72.4 Å². The molecule has 0 aliphatic carbocycles. The maximum Gasteiger partial charge on any atom is 0.474 e. The van der Waals surface area contributed by atoms with Crippen LogP contribution in [0.3, 0.4) is 0 Å². The number of ether oxygens (including phenoxy) is 2. The highest BCUT2D eigenvalue weighted by atomic mass is 31.2. The molecular formula is C14H30NO15P3. The van der Waals surface area contributed by atoms with Crippen molar-refractivity contribution >= 4 is 35.0 Å². The number of hydrogen-bond acceptors (Lipinski definition) is 12. The lowest BCUT2D eigenvalue weighted by atomic mass is 10.4. The molecule has 16 nitrogen and oxygen atoms in total. The van der Waals surface area contributed by atoms with E-state index in [1.165, 1.54) is 6.92 Å². The Bertz CT molecular complexity index is 756. The van der Waals surface area contributed by atoms with Gasteiger partial charge in [-0.3, -0.25) is 32.3 Å². The number of esters is 2. The van der Waals surface area contributed by atoms with E-state index in [0.29, 0.717) is 0 Å². The lowest BCUT2D eigenvalue weighted by Gasteiger charge is -2.29. The molecule has 196 valence electrons. The SMILES string of the molecule is CCC(=O)OCC(COP(=O)(OC)OCCNCC(O)(P(=O)(O)O)P(=O)(O)O)OC(=O)CC. The van der Waals surface area contributed by atoms with Crippen molar-refractivity contribution in [3.8, 4) is 0 Å². The molecule has 2 atom stereocenters. The van der Waals surface area contributed by atoms with Crippen LogP contribution in [-0.2, 0) is 46.3 Å². The monoisotopic (exact) mass is 545 g/mol. The first kappa shape index (κ1) is 32.3. The van der Waals surface area contributed by atoms with Gasteiger partial charge in [0.1, 0.15) is 6.61 Å². The Hall–Kier alpha value is -0.730. The standard InChI is InChI=1S/C14H30NO15P3/c1-4-12(16)27-8-11(30-13(17)5-2)9-29-33(25,26-3)28-7-6-15-10-14(18,31(19,20)21)32(22,23)24/h11,15,18H,4-10H2,1-3H3,(H2,19,20,21)(H2,22,23,24). The summed E-state index contributed by atoms with van der Waals surface area (Å²) in [6.45, 7) is 0.00245. The van der Waals surface area contributed by atoms with Crippen LogP contribution >= 0.6 is 23.0 Å². The van der Waals surface area contributed by atoms with Crippen molar-refractivity contribution in [2.45, 2.75) is 37.9 Å². The summed E-state index contributed by atoms with van der Waals surface area (Å²) in [5.74, 6) is -1.22. The molecule has 0 bridgehead atoms. The van der Waals surface area contributed by atoms with Gasteiger partial charge >= 0.3 is 35.0 Å². The topological polar surface area (TPSA) is 245 Å². The van der Waals surface area contributed by atoms with Crippen LogP contribution in [-0.4, -0.2) is 87.8 Å². The summed E-state index contributed by atoms with van der Waals surface area (Å²) in [6, 6.07) is 0. The molecule has 19 heteroatoms. The van der Waals surface area contributed by atoms with Crippen LogP contribution in [0.4, 0.5) is 0 Å². The van der Waals surface area contributed by atoms with Gasteiger partial charge in [-0.2, -0.15) is 0 Å². The molecule has 0 aliphatic heterocycles. The van der Waals surface area contributed by atoms with Crippen LogP contribution in [0.2, 0.25) is 0 Å². The number of nitrogens with one attached hydrogen (secondary N) is 1. The highest BCUT2D eigenvalue weighted by molar-refractivity contribution is 7.72. The predicted octanol–water partition coefficient (Wildman–Crippen LogP) is -0.360. The fourth-order valence-corrected chi connectivity index (χ4v) is 4.79. The van der Waals surface area contributed by atoms with Gasteiger partial charge in [0.25, 0.3) is 5.08 Å². The van der Waals surface area contributed by atoms with Crippen molar-refractivity contribution in [1.29, 1.82) is 0 Å². The molecule has 0 rings (SSSR count). The van der Waals surface area contributed by atoms with E-state index in [0.717, 1.165) is 7.11 Å². The number of hydrogen-bond donors (Lipinski definition) is 6. The number of carbonyl (C=O) groups is 2. The Morgan fingerprint density at radius 3 is 1.94 bits per heavy atom. The van der Waals surface area contributed by atoms with Crippen LogP contribution in [0.15, 0.2) is 0 Å². The minimum atomic E-state index is -5.64. The zero-order valence-electron chi connectivity index (χ0n) is 18.2. The van der Waals surface area contributed by atoms with Crippen LogP contribution in [0.5, 0.6) is 0 Å². The maximum absolute atomic E-state index is 12.5. The van der Waals surface area contributed by atoms with E-state index in [1.54, 1.807) is 6.92 Å². The summed E-state index contributed by atoms with van der Waals surface area (Å²) in [6.07, 6.45) is -1.04. The van der Waals surface area contributed by atoms with Gasteiger partial charge < -0.3 is 39.5 Å². The van der Waals surface area contributed by atoms with E-state index in [4.69, 9.17) is 38.1 Å². The number of phosphoric acid groups is 1. The second-order valence-electron chi connectivity index (χ2n) is 6.30. The van der Waals surface area contributed by atoms with E-state index in [-0.39, 0.29) is 19.4 Å². The zero-order valence-corrected chi connectivity index (χ0v) is 20.9. The minimum Gasteiger partial charge on any atom is -0.462 e. The molecule has 2 unspecified atom stereocenters. The molecule has 0 aromatic rings. The first-order valence-corrected chi connectivity index (χ1v) is 14.1. The summed E-state index contributed by atoms with van der Waals surface area (Å²) < 4.78 is 59.5. The van der Waals surface area contributed by atoms with Gasteiger partial charge in [-0.15, -0.1) is 0 Å². The molecule has 0 spiro atoms. The second kappa shape index (κ2) is 14.0. The van der Waals surface area contributed by atoms with Crippen molar-refractivity contribution in [3.05, 3.63) is 0 Å². The minimum absolute atomic E-state index is 0.0118. The Morgan fingerprint density at radius 1 is 0.939 bits per heavy atom. The third-order valence-electron chi connectivity index (χ3n) is 3.77. The first-order valence-electron chi connectivity index (χ1n) is 9.39. The average molecular weight is 545 g/mol. The van der Waals surface area contributed by atoms with Crippen molar-refractivity contribution in [1.82, 2.24) is 5.32 Å². The smallest absolute Gasteiger partial charge is 0.462 e. The summed E-state index contributed by atoms with van der Waals surface area (Å²) in [7, 11) is -14.6. The molecule has 0 heterocycles. The molecule has 0 aromatic heterocycles. The van der Waals surface area contributed by atoms with E-state index in [9.17, 15) is 28.4 Å². The Kier molecular flexibility index (Phi) is 13.7. The molecule has 6 N–H and O–H groups in total. The summed E-state index contributed by atoms with van der Waals surface area (Å²) in [5, 5.41) is 8.21. The first-order chi connectivity index (χ1) is 15.0. The third-order valence-corrected chi connectivity index (χ3v) is 8.93. The van der Waals surface area contributed by atoms with Crippen LogP contribution in [0, 0.1) is 0 Å². The summed E-state index contributed by atoms with van der Waals surface area (Å²) in [5.41, 5.74) is 0. The number of aliphatic hydroxyl groups is 1. The van der Waals surface area contributed by atoms with E-state index in [1.807, 2.05) is 0 Å². The molecule has 0 saturated heterocycles. The van der Waals surface area contributed by atoms with Crippen molar-refractivity contribution in [3.63, 3.8) is 0 Å². The van der Waals surface area contributed by atoms with Gasteiger partial charge in [0.05, 0.1) is 13.2 Å². The van der Waals surface area contributed by atoms with Gasteiger partial charge in [-0.1, -0.05) is 13.8 Å². The second-order valence-corrected chi connectivity index (χ2v) is 12.1. The molecule has 0 saturated carbocycles.